The predicted octanol–water partition coefficient (Wildman–Crippen LogP) is 13.0. The van der Waals surface area contributed by atoms with Gasteiger partial charge < -0.3 is 0 Å². The van der Waals surface area contributed by atoms with E-state index in [0.717, 1.165) is 0 Å². The zero-order chi connectivity index (χ0) is 29.7. The fourth-order valence-electron chi connectivity index (χ4n) is 7.00. The zero-order valence-electron chi connectivity index (χ0n) is 24.6. The lowest BCUT2D eigenvalue weighted by Crippen LogP contribution is -1.91. The summed E-state index contributed by atoms with van der Waals surface area (Å²) in [5.41, 5.74) is 8.81. The summed E-state index contributed by atoms with van der Waals surface area (Å²) in [5.74, 6) is 0. The van der Waals surface area contributed by atoms with Crippen LogP contribution in [0.25, 0.3) is 86.2 Å². The van der Waals surface area contributed by atoms with E-state index in [-0.39, 0.29) is 0 Å². The van der Waals surface area contributed by atoms with Gasteiger partial charge in [0.1, 0.15) is 0 Å². The Labute approximate surface area is 266 Å². The molecule has 0 fully saturated rings. The van der Waals surface area contributed by atoms with Crippen LogP contribution in [0, 0.1) is 0 Å². The van der Waals surface area contributed by atoms with Crippen LogP contribution in [0.4, 0.5) is 0 Å². The second-order valence-corrected chi connectivity index (χ2v) is 12.8. The first-order chi connectivity index (χ1) is 22.3. The summed E-state index contributed by atoms with van der Waals surface area (Å²) in [7, 11) is 0. The van der Waals surface area contributed by atoms with Crippen molar-refractivity contribution in [3.05, 3.63) is 170 Å². The molecular weight excluding hydrogens is 561 g/mol. The zero-order valence-corrected chi connectivity index (χ0v) is 25.4. The highest BCUT2D eigenvalue weighted by Crippen LogP contribution is 2.45. The fraction of sp³-hybridized carbons (Fsp3) is 0. The van der Waals surface area contributed by atoms with Crippen molar-refractivity contribution in [3.8, 4) is 43.8 Å². The van der Waals surface area contributed by atoms with Crippen molar-refractivity contribution >= 4 is 53.7 Å². The maximum atomic E-state index is 2.37. The molecule has 0 aliphatic rings. The predicted molar refractivity (Wildman–Crippen MR) is 196 cm³/mol. The number of rotatable bonds is 4. The Bertz CT molecular complexity index is 2440. The molecule has 0 nitrogen and oxygen atoms in total. The van der Waals surface area contributed by atoms with Gasteiger partial charge in [0.15, 0.2) is 0 Å². The van der Waals surface area contributed by atoms with Crippen molar-refractivity contribution in [2.45, 2.75) is 0 Å². The summed E-state index contributed by atoms with van der Waals surface area (Å²) < 4.78 is 1.33. The van der Waals surface area contributed by atoms with Gasteiger partial charge >= 0.3 is 0 Å². The highest BCUT2D eigenvalue weighted by atomic mass is 32.1. The van der Waals surface area contributed by atoms with Gasteiger partial charge in [0.05, 0.1) is 0 Å². The van der Waals surface area contributed by atoms with Gasteiger partial charge in [0.25, 0.3) is 0 Å². The molecule has 8 aromatic carbocycles. The summed E-state index contributed by atoms with van der Waals surface area (Å²) in [6.45, 7) is 0. The van der Waals surface area contributed by atoms with Crippen molar-refractivity contribution in [1.29, 1.82) is 0 Å². The van der Waals surface area contributed by atoms with Crippen LogP contribution in [0.2, 0.25) is 0 Å². The molecule has 0 saturated carbocycles. The number of hydrogen-bond donors (Lipinski definition) is 0. The molecule has 45 heavy (non-hydrogen) atoms. The number of thiophene rings is 1. The summed E-state index contributed by atoms with van der Waals surface area (Å²) in [6, 6.07) is 62.3. The van der Waals surface area contributed by atoms with E-state index in [1.807, 2.05) is 11.3 Å². The van der Waals surface area contributed by atoms with Gasteiger partial charge in [-0.05, 0) is 94.8 Å². The standard InChI is InChI=1S/C44H28S/c1-3-16-35-29(11-1)13-10-21-36(35)32-14-9-15-34(27-32)44-39-19-6-4-17-37(39)43(38-18-5-7-20-40(38)44)31-25-23-30(24-26-31)42-28-33-12-2-8-22-41(33)45-42/h1-28H. The quantitative estimate of drug-likeness (QED) is 0.179. The first-order valence-corrected chi connectivity index (χ1v) is 16.2. The Morgan fingerprint density at radius 2 is 0.822 bits per heavy atom. The number of benzene rings is 8. The molecule has 0 saturated heterocycles. The molecule has 9 rings (SSSR count). The van der Waals surface area contributed by atoms with Gasteiger partial charge in [0, 0.05) is 9.58 Å². The molecule has 0 aliphatic heterocycles. The molecule has 1 aromatic heterocycles. The SMILES string of the molecule is c1cc(-c2cccc3ccccc23)cc(-c2c3ccccc3c(-c3ccc(-c4cc5ccccc5s4)cc3)c3ccccc23)c1. The van der Waals surface area contributed by atoms with Gasteiger partial charge in [-0.25, -0.2) is 0 Å². The molecule has 1 heteroatoms. The molecule has 0 atom stereocenters. The maximum absolute atomic E-state index is 2.37. The normalized spacial score (nSPS) is 11.6. The maximum Gasteiger partial charge on any atom is 0.0355 e. The molecule has 0 aliphatic carbocycles. The third-order valence-corrected chi connectivity index (χ3v) is 10.2. The minimum atomic E-state index is 1.23. The minimum Gasteiger partial charge on any atom is -0.135 e. The molecule has 0 bridgehead atoms. The van der Waals surface area contributed by atoms with E-state index in [0.29, 0.717) is 0 Å². The van der Waals surface area contributed by atoms with Crippen molar-refractivity contribution in [3.63, 3.8) is 0 Å². The van der Waals surface area contributed by atoms with Crippen molar-refractivity contribution in [1.82, 2.24) is 0 Å². The Morgan fingerprint density at radius 3 is 1.51 bits per heavy atom. The van der Waals surface area contributed by atoms with E-state index in [4.69, 9.17) is 0 Å². The molecule has 210 valence electrons. The molecule has 9 aromatic rings. The number of fused-ring (bicyclic) bond motifs is 4. The highest BCUT2D eigenvalue weighted by molar-refractivity contribution is 7.22. The van der Waals surface area contributed by atoms with E-state index in [1.54, 1.807) is 0 Å². The number of hydrogen-bond acceptors (Lipinski definition) is 1. The van der Waals surface area contributed by atoms with Gasteiger partial charge in [-0.2, -0.15) is 0 Å². The monoisotopic (exact) mass is 588 g/mol. The van der Waals surface area contributed by atoms with E-state index < -0.39 is 0 Å². The summed E-state index contributed by atoms with van der Waals surface area (Å²) >= 11 is 1.86. The summed E-state index contributed by atoms with van der Waals surface area (Å²) in [6.07, 6.45) is 0. The van der Waals surface area contributed by atoms with E-state index in [2.05, 4.69) is 170 Å². The average Bonchev–Trinajstić information content (AvgIpc) is 3.55. The second kappa shape index (κ2) is 10.6. The van der Waals surface area contributed by atoms with Crippen LogP contribution in [0.15, 0.2) is 170 Å². The van der Waals surface area contributed by atoms with Crippen LogP contribution >= 0.6 is 11.3 Å². The van der Waals surface area contributed by atoms with Crippen LogP contribution < -0.4 is 0 Å². The van der Waals surface area contributed by atoms with E-state index in [9.17, 15) is 0 Å². The summed E-state index contributed by atoms with van der Waals surface area (Å²) in [4.78, 5) is 1.30. The summed E-state index contributed by atoms with van der Waals surface area (Å²) in [5, 5.41) is 8.94. The Balaban J connectivity index is 1.23. The molecule has 0 unspecified atom stereocenters. The van der Waals surface area contributed by atoms with E-state index >= 15 is 0 Å². The molecule has 0 spiro atoms. The van der Waals surface area contributed by atoms with Gasteiger partial charge in [-0.15, -0.1) is 11.3 Å². The van der Waals surface area contributed by atoms with Crippen LogP contribution in [0.3, 0.4) is 0 Å². The smallest absolute Gasteiger partial charge is 0.0355 e. The van der Waals surface area contributed by atoms with E-state index in [1.165, 1.54) is 86.2 Å². The van der Waals surface area contributed by atoms with Gasteiger partial charge in [-0.1, -0.05) is 152 Å². The Morgan fingerprint density at radius 1 is 0.311 bits per heavy atom. The lowest BCUT2D eigenvalue weighted by atomic mass is 9.85. The van der Waals surface area contributed by atoms with Crippen LogP contribution in [-0.4, -0.2) is 0 Å². The molecule has 1 heterocycles. The topological polar surface area (TPSA) is 0 Å². The lowest BCUT2D eigenvalue weighted by molar-refractivity contribution is 1.63. The largest absolute Gasteiger partial charge is 0.135 e. The fourth-order valence-corrected chi connectivity index (χ4v) is 8.06. The minimum absolute atomic E-state index is 1.23. The van der Waals surface area contributed by atoms with Crippen LogP contribution in [0.1, 0.15) is 0 Å². The second-order valence-electron chi connectivity index (χ2n) is 11.7. The lowest BCUT2D eigenvalue weighted by Gasteiger charge is -2.18. The van der Waals surface area contributed by atoms with Crippen molar-refractivity contribution in [2.24, 2.45) is 0 Å². The first kappa shape index (κ1) is 25.9. The molecule has 0 N–H and O–H groups in total. The van der Waals surface area contributed by atoms with Crippen LogP contribution in [-0.2, 0) is 0 Å². The van der Waals surface area contributed by atoms with Gasteiger partial charge in [-0.3, -0.25) is 0 Å². The van der Waals surface area contributed by atoms with Crippen molar-refractivity contribution < 1.29 is 0 Å². The Kier molecular flexibility index (Phi) is 6.11. The molecular formula is C44H28S. The van der Waals surface area contributed by atoms with Gasteiger partial charge in [0.2, 0.25) is 0 Å². The third-order valence-electron chi connectivity index (χ3n) is 9.07. The molecule has 0 amide bonds. The Hall–Kier alpha value is -5.50. The van der Waals surface area contributed by atoms with Crippen molar-refractivity contribution in [2.75, 3.05) is 0 Å². The third kappa shape index (κ3) is 4.36. The average molecular weight is 589 g/mol. The highest BCUT2D eigenvalue weighted by Gasteiger charge is 2.17. The molecule has 0 radical (unpaired) electrons. The first-order valence-electron chi connectivity index (χ1n) is 15.4. The van der Waals surface area contributed by atoms with Crippen LogP contribution in [0.5, 0.6) is 0 Å².